The van der Waals surface area contributed by atoms with E-state index in [9.17, 15) is 0 Å². The van der Waals surface area contributed by atoms with Gasteiger partial charge in [0.2, 0.25) is 0 Å². The molecule has 1 unspecified atom stereocenters. The molecule has 5 rings (SSSR count). The van der Waals surface area contributed by atoms with Crippen LogP contribution < -0.4 is 10.1 Å². The van der Waals surface area contributed by atoms with Gasteiger partial charge >= 0.3 is 0 Å². The maximum absolute atomic E-state index is 6.21. The Bertz CT molecular complexity index is 801. The molecule has 1 aliphatic carbocycles. The maximum atomic E-state index is 6.21. The van der Waals surface area contributed by atoms with E-state index in [4.69, 9.17) is 21.1 Å². The fourth-order valence-corrected chi connectivity index (χ4v) is 5.28. The Morgan fingerprint density at radius 3 is 2.52 bits per heavy atom. The van der Waals surface area contributed by atoms with Gasteiger partial charge in [-0.1, -0.05) is 30.9 Å². The van der Waals surface area contributed by atoms with Crippen molar-refractivity contribution in [2.75, 3.05) is 11.9 Å². The van der Waals surface area contributed by atoms with E-state index in [0.717, 1.165) is 30.4 Å². The van der Waals surface area contributed by atoms with E-state index < -0.39 is 0 Å². The molecule has 3 aliphatic rings. The van der Waals surface area contributed by atoms with Gasteiger partial charge in [0.05, 0.1) is 6.10 Å². The van der Waals surface area contributed by atoms with Gasteiger partial charge in [0.25, 0.3) is 0 Å². The van der Waals surface area contributed by atoms with Gasteiger partial charge in [-0.25, -0.2) is 0 Å². The Hall–Kier alpha value is -1.71. The van der Waals surface area contributed by atoms with E-state index in [1.807, 2.05) is 30.3 Å². The van der Waals surface area contributed by atoms with Crippen molar-refractivity contribution in [1.82, 2.24) is 0 Å². The van der Waals surface area contributed by atoms with Crippen molar-refractivity contribution in [2.45, 2.75) is 50.7 Å². The standard InChI is InChI=1S/C23H26ClNO2/c24-16-6-8-17(9-7-16)27-18-10-11-21-20(14-18)23-19(12-13-26-23)22(25-21)15-4-2-1-3-5-15/h6-11,14-15,19,22-23,25H,1-5,12-13H2/t19-,22?,23-/m0/s1. The molecule has 2 aliphatic heterocycles. The predicted octanol–water partition coefficient (Wildman–Crippen LogP) is 6.58. The van der Waals surface area contributed by atoms with Crippen molar-refractivity contribution in [1.29, 1.82) is 0 Å². The minimum atomic E-state index is 0.196. The van der Waals surface area contributed by atoms with Crippen molar-refractivity contribution in [2.24, 2.45) is 11.8 Å². The summed E-state index contributed by atoms with van der Waals surface area (Å²) in [6.45, 7) is 0.863. The monoisotopic (exact) mass is 383 g/mol. The second kappa shape index (κ2) is 7.37. The molecule has 3 atom stereocenters. The van der Waals surface area contributed by atoms with Gasteiger partial charge in [0.15, 0.2) is 0 Å². The lowest BCUT2D eigenvalue weighted by Gasteiger charge is -2.42. The number of halogens is 1. The van der Waals surface area contributed by atoms with Crippen LogP contribution in [0, 0.1) is 11.8 Å². The largest absolute Gasteiger partial charge is 0.457 e. The molecule has 3 nitrogen and oxygen atoms in total. The van der Waals surface area contributed by atoms with Gasteiger partial charge in [0.1, 0.15) is 11.5 Å². The fourth-order valence-electron chi connectivity index (χ4n) is 5.15. The van der Waals surface area contributed by atoms with Crippen LogP contribution in [0.4, 0.5) is 5.69 Å². The lowest BCUT2D eigenvalue weighted by molar-refractivity contribution is 0.0730. The molecule has 4 heteroatoms. The van der Waals surface area contributed by atoms with Gasteiger partial charge in [0, 0.05) is 34.8 Å². The maximum Gasteiger partial charge on any atom is 0.127 e. The zero-order valence-electron chi connectivity index (χ0n) is 15.5. The Balaban J connectivity index is 1.41. The molecule has 1 saturated heterocycles. The molecular formula is C23H26ClNO2. The third-order valence-electron chi connectivity index (χ3n) is 6.46. The van der Waals surface area contributed by atoms with Gasteiger partial charge in [-0.3, -0.25) is 0 Å². The minimum absolute atomic E-state index is 0.196. The molecule has 27 heavy (non-hydrogen) atoms. The lowest BCUT2D eigenvalue weighted by atomic mass is 9.73. The molecule has 0 spiro atoms. The van der Waals surface area contributed by atoms with E-state index >= 15 is 0 Å². The van der Waals surface area contributed by atoms with Crippen LogP contribution in [0.15, 0.2) is 42.5 Å². The van der Waals surface area contributed by atoms with Crippen LogP contribution in [0.1, 0.15) is 50.2 Å². The molecule has 1 saturated carbocycles. The summed E-state index contributed by atoms with van der Waals surface area (Å²) in [5, 5.41) is 4.60. The highest BCUT2D eigenvalue weighted by atomic mass is 35.5. The minimum Gasteiger partial charge on any atom is -0.457 e. The number of ether oxygens (including phenoxy) is 2. The molecule has 1 N–H and O–H groups in total. The quantitative estimate of drug-likeness (QED) is 0.648. The summed E-state index contributed by atoms with van der Waals surface area (Å²) < 4.78 is 12.3. The smallest absolute Gasteiger partial charge is 0.127 e. The summed E-state index contributed by atoms with van der Waals surface area (Å²) in [5.74, 6) is 3.01. The molecule has 0 amide bonds. The van der Waals surface area contributed by atoms with Crippen LogP contribution in [0.25, 0.3) is 0 Å². The molecule has 142 valence electrons. The first-order valence-corrected chi connectivity index (χ1v) is 10.6. The van der Waals surface area contributed by atoms with Crippen LogP contribution in [-0.2, 0) is 4.74 Å². The SMILES string of the molecule is Clc1ccc(Oc2ccc3c(c2)[C@H]2OCC[C@H]2C(C2CCCCC2)N3)cc1. The second-order valence-electron chi connectivity index (χ2n) is 8.12. The molecule has 2 fully saturated rings. The topological polar surface area (TPSA) is 30.5 Å². The summed E-state index contributed by atoms with van der Waals surface area (Å²) in [5.41, 5.74) is 2.47. The number of nitrogens with one attached hydrogen (secondary N) is 1. The highest BCUT2D eigenvalue weighted by Crippen LogP contribution is 2.49. The summed E-state index contributed by atoms with van der Waals surface area (Å²) in [6, 6.07) is 14.4. The fraction of sp³-hybridized carbons (Fsp3) is 0.478. The number of rotatable bonds is 3. The van der Waals surface area contributed by atoms with Crippen molar-refractivity contribution in [3.8, 4) is 11.5 Å². The van der Waals surface area contributed by atoms with Crippen molar-refractivity contribution in [3.05, 3.63) is 53.1 Å². The lowest BCUT2D eigenvalue weighted by Crippen LogP contribution is -2.42. The van der Waals surface area contributed by atoms with Crippen LogP contribution in [0.2, 0.25) is 5.02 Å². The van der Waals surface area contributed by atoms with Crippen LogP contribution >= 0.6 is 11.6 Å². The summed E-state index contributed by atoms with van der Waals surface area (Å²) in [6.07, 6.45) is 8.21. The highest BCUT2D eigenvalue weighted by Gasteiger charge is 2.44. The Morgan fingerprint density at radius 1 is 0.926 bits per heavy atom. The van der Waals surface area contributed by atoms with E-state index in [1.54, 1.807) is 0 Å². The number of anilines is 1. The zero-order chi connectivity index (χ0) is 18.2. The third-order valence-corrected chi connectivity index (χ3v) is 6.71. The molecule has 0 bridgehead atoms. The van der Waals surface area contributed by atoms with Crippen LogP contribution in [-0.4, -0.2) is 12.6 Å². The first-order chi connectivity index (χ1) is 13.3. The zero-order valence-corrected chi connectivity index (χ0v) is 16.3. The number of hydrogen-bond acceptors (Lipinski definition) is 3. The number of benzene rings is 2. The second-order valence-corrected chi connectivity index (χ2v) is 8.55. The van der Waals surface area contributed by atoms with Gasteiger partial charge < -0.3 is 14.8 Å². The average Bonchev–Trinajstić information content (AvgIpc) is 3.20. The first kappa shape index (κ1) is 17.4. The Labute approximate surface area is 166 Å². The molecule has 2 heterocycles. The van der Waals surface area contributed by atoms with E-state index in [1.165, 1.54) is 43.4 Å². The number of fused-ring (bicyclic) bond motifs is 3. The molecular weight excluding hydrogens is 358 g/mol. The van der Waals surface area contributed by atoms with Crippen molar-refractivity contribution < 1.29 is 9.47 Å². The number of hydrogen-bond donors (Lipinski definition) is 1. The van der Waals surface area contributed by atoms with E-state index in [2.05, 4.69) is 17.4 Å². The summed E-state index contributed by atoms with van der Waals surface area (Å²) in [4.78, 5) is 0. The normalized spacial score (nSPS) is 27.5. The van der Waals surface area contributed by atoms with Crippen molar-refractivity contribution in [3.63, 3.8) is 0 Å². The van der Waals surface area contributed by atoms with Gasteiger partial charge in [-0.2, -0.15) is 0 Å². The first-order valence-electron chi connectivity index (χ1n) is 10.2. The Morgan fingerprint density at radius 2 is 1.70 bits per heavy atom. The van der Waals surface area contributed by atoms with Crippen LogP contribution in [0.3, 0.4) is 0 Å². The molecule has 2 aromatic carbocycles. The average molecular weight is 384 g/mol. The van der Waals surface area contributed by atoms with E-state index in [-0.39, 0.29) is 6.10 Å². The molecule has 0 aromatic heterocycles. The van der Waals surface area contributed by atoms with Gasteiger partial charge in [-0.15, -0.1) is 0 Å². The molecule has 0 radical (unpaired) electrons. The van der Waals surface area contributed by atoms with Crippen molar-refractivity contribution >= 4 is 17.3 Å². The highest BCUT2D eigenvalue weighted by molar-refractivity contribution is 6.30. The summed E-state index contributed by atoms with van der Waals surface area (Å²) in [7, 11) is 0. The summed E-state index contributed by atoms with van der Waals surface area (Å²) >= 11 is 5.97. The predicted molar refractivity (Wildman–Crippen MR) is 109 cm³/mol. The third kappa shape index (κ3) is 3.43. The van der Waals surface area contributed by atoms with Gasteiger partial charge in [-0.05, 0) is 67.6 Å². The molecule has 2 aromatic rings. The van der Waals surface area contributed by atoms with E-state index in [0.29, 0.717) is 17.0 Å². The Kier molecular flexibility index (Phi) is 4.75. The van der Waals surface area contributed by atoms with Crippen LogP contribution in [0.5, 0.6) is 11.5 Å².